The molecule has 6 nitrogen and oxygen atoms in total. The molecule has 0 fully saturated rings. The predicted octanol–water partition coefficient (Wildman–Crippen LogP) is 1.01. The van der Waals surface area contributed by atoms with E-state index in [0.717, 1.165) is 0 Å². The first-order valence-corrected chi connectivity index (χ1v) is 5.00. The number of rotatable bonds is 3. The minimum absolute atomic E-state index is 0.152. The van der Waals surface area contributed by atoms with Crippen LogP contribution in [0.5, 0.6) is 5.75 Å². The quantitative estimate of drug-likeness (QED) is 0.826. The van der Waals surface area contributed by atoms with E-state index in [1.54, 1.807) is 13.0 Å². The monoisotopic (exact) mass is 233 g/mol. The van der Waals surface area contributed by atoms with Gasteiger partial charge < -0.3 is 14.9 Å². The summed E-state index contributed by atoms with van der Waals surface area (Å²) in [6.45, 7) is 2.02. The van der Waals surface area contributed by atoms with Gasteiger partial charge >= 0.3 is 0 Å². The molecule has 0 bridgehead atoms. The fourth-order valence-corrected chi connectivity index (χ4v) is 1.35. The van der Waals surface area contributed by atoms with Gasteiger partial charge in [0.1, 0.15) is 17.2 Å². The number of hydrogen-bond acceptors (Lipinski definition) is 5. The number of carbonyl (C=O) groups excluding carboxylic acids is 1. The zero-order valence-corrected chi connectivity index (χ0v) is 9.17. The van der Waals surface area contributed by atoms with Crippen LogP contribution in [0.2, 0.25) is 0 Å². The number of nitrogens with one attached hydrogen (secondary N) is 1. The molecule has 2 aromatic heterocycles. The van der Waals surface area contributed by atoms with Crippen LogP contribution in [0.25, 0.3) is 0 Å². The third-order valence-electron chi connectivity index (χ3n) is 2.15. The lowest BCUT2D eigenvalue weighted by Crippen LogP contribution is -2.23. The Balaban J connectivity index is 2.01. The zero-order valence-electron chi connectivity index (χ0n) is 9.17. The molecular formula is C11H11N3O3. The number of hydrogen-bond donors (Lipinski definition) is 2. The van der Waals surface area contributed by atoms with Crippen LogP contribution in [-0.4, -0.2) is 21.2 Å². The van der Waals surface area contributed by atoms with Gasteiger partial charge in [-0.1, -0.05) is 5.16 Å². The van der Waals surface area contributed by atoms with Crippen molar-refractivity contribution in [3.05, 3.63) is 41.5 Å². The van der Waals surface area contributed by atoms with E-state index in [0.29, 0.717) is 11.5 Å². The Morgan fingerprint density at radius 3 is 3.06 bits per heavy atom. The molecule has 0 aliphatic carbocycles. The first kappa shape index (κ1) is 11.1. The van der Waals surface area contributed by atoms with Gasteiger partial charge in [-0.15, -0.1) is 0 Å². The molecule has 2 N–H and O–H groups in total. The number of aromatic hydroxyl groups is 1. The Kier molecular flexibility index (Phi) is 3.04. The van der Waals surface area contributed by atoms with Crippen molar-refractivity contribution in [3.8, 4) is 5.75 Å². The summed E-state index contributed by atoms with van der Waals surface area (Å²) in [5.74, 6) is 0.146. The van der Waals surface area contributed by atoms with Gasteiger partial charge in [0.25, 0.3) is 5.91 Å². The van der Waals surface area contributed by atoms with Crippen molar-refractivity contribution in [2.24, 2.45) is 0 Å². The molecule has 0 aliphatic rings. The molecule has 0 spiro atoms. The van der Waals surface area contributed by atoms with Crippen molar-refractivity contribution in [1.82, 2.24) is 15.5 Å². The number of amides is 1. The Morgan fingerprint density at radius 1 is 1.59 bits per heavy atom. The molecule has 0 saturated carbocycles. The molecule has 6 heteroatoms. The van der Waals surface area contributed by atoms with E-state index in [1.165, 1.54) is 18.5 Å². The lowest BCUT2D eigenvalue weighted by Gasteiger charge is -2.03. The molecule has 1 amide bonds. The van der Waals surface area contributed by atoms with Gasteiger partial charge in [0.2, 0.25) is 0 Å². The van der Waals surface area contributed by atoms with Crippen molar-refractivity contribution in [1.29, 1.82) is 0 Å². The first-order chi connectivity index (χ1) is 8.16. The van der Waals surface area contributed by atoms with Crippen molar-refractivity contribution < 1.29 is 14.4 Å². The number of aromatic nitrogens is 2. The van der Waals surface area contributed by atoms with Crippen LogP contribution in [0.15, 0.2) is 29.0 Å². The Bertz CT molecular complexity index is 536. The molecule has 2 rings (SSSR count). The van der Waals surface area contributed by atoms with Crippen molar-refractivity contribution in [2.75, 3.05) is 0 Å². The Hall–Kier alpha value is -2.37. The molecule has 0 saturated heterocycles. The summed E-state index contributed by atoms with van der Waals surface area (Å²) < 4.78 is 4.87. The highest BCUT2D eigenvalue weighted by molar-refractivity contribution is 5.96. The fourth-order valence-electron chi connectivity index (χ4n) is 1.35. The summed E-state index contributed by atoms with van der Waals surface area (Å²) in [6.07, 6.45) is 2.66. The van der Waals surface area contributed by atoms with Crippen molar-refractivity contribution in [3.63, 3.8) is 0 Å². The first-order valence-electron chi connectivity index (χ1n) is 5.00. The standard InChI is InChI=1S/C11H11N3O3/c1-7-4-8(14-17-7)5-13-11(16)9-2-3-12-6-10(9)15/h2-4,6,15H,5H2,1H3,(H,13,16). The molecule has 0 atom stereocenters. The Morgan fingerprint density at radius 2 is 2.41 bits per heavy atom. The molecule has 0 radical (unpaired) electrons. The van der Waals surface area contributed by atoms with Crippen molar-refractivity contribution >= 4 is 5.91 Å². The smallest absolute Gasteiger partial charge is 0.255 e. The number of nitrogens with zero attached hydrogens (tertiary/aromatic N) is 2. The second-order valence-corrected chi connectivity index (χ2v) is 3.50. The van der Waals surface area contributed by atoms with Crippen LogP contribution in [0.3, 0.4) is 0 Å². The maximum Gasteiger partial charge on any atom is 0.255 e. The molecule has 0 aromatic carbocycles. The second kappa shape index (κ2) is 4.65. The lowest BCUT2D eigenvalue weighted by molar-refractivity contribution is 0.0947. The van der Waals surface area contributed by atoms with Crippen LogP contribution in [0.1, 0.15) is 21.8 Å². The summed E-state index contributed by atoms with van der Waals surface area (Å²) in [4.78, 5) is 15.4. The van der Waals surface area contributed by atoms with Gasteiger partial charge in [-0.05, 0) is 13.0 Å². The molecule has 2 heterocycles. The normalized spacial score (nSPS) is 10.2. The summed E-state index contributed by atoms with van der Waals surface area (Å²) in [5, 5.41) is 15.8. The van der Waals surface area contributed by atoms with Crippen LogP contribution in [0.4, 0.5) is 0 Å². The van der Waals surface area contributed by atoms with Crippen LogP contribution < -0.4 is 5.32 Å². The van der Waals surface area contributed by atoms with Gasteiger partial charge in [-0.2, -0.15) is 0 Å². The zero-order chi connectivity index (χ0) is 12.3. The van der Waals surface area contributed by atoms with E-state index in [2.05, 4.69) is 15.5 Å². The number of pyridine rings is 1. The highest BCUT2D eigenvalue weighted by Crippen LogP contribution is 2.13. The van der Waals surface area contributed by atoms with Gasteiger partial charge in [0, 0.05) is 12.3 Å². The molecule has 0 aliphatic heterocycles. The third kappa shape index (κ3) is 2.60. The molecule has 17 heavy (non-hydrogen) atoms. The number of aryl methyl sites for hydroxylation is 1. The summed E-state index contributed by atoms with van der Waals surface area (Å²) in [7, 11) is 0. The van der Waals surface area contributed by atoms with Crippen molar-refractivity contribution in [2.45, 2.75) is 13.5 Å². The van der Waals surface area contributed by atoms with Crippen LogP contribution in [-0.2, 0) is 6.54 Å². The maximum absolute atomic E-state index is 11.7. The van der Waals surface area contributed by atoms with Gasteiger partial charge in [-0.3, -0.25) is 9.78 Å². The average Bonchev–Trinajstić information content (AvgIpc) is 2.73. The van der Waals surface area contributed by atoms with Crippen LogP contribution >= 0.6 is 0 Å². The predicted molar refractivity (Wildman–Crippen MR) is 58.3 cm³/mol. The molecule has 2 aromatic rings. The highest BCUT2D eigenvalue weighted by Gasteiger charge is 2.10. The number of carbonyl (C=O) groups is 1. The van der Waals surface area contributed by atoms with E-state index < -0.39 is 0 Å². The third-order valence-corrected chi connectivity index (χ3v) is 2.15. The second-order valence-electron chi connectivity index (χ2n) is 3.50. The van der Waals surface area contributed by atoms with E-state index in [-0.39, 0.29) is 23.8 Å². The fraction of sp³-hybridized carbons (Fsp3) is 0.182. The summed E-state index contributed by atoms with van der Waals surface area (Å²) in [5.41, 5.74) is 0.810. The van der Waals surface area contributed by atoms with E-state index in [9.17, 15) is 9.90 Å². The topological polar surface area (TPSA) is 88.2 Å². The molecule has 88 valence electrons. The SMILES string of the molecule is Cc1cc(CNC(=O)c2ccncc2O)no1. The highest BCUT2D eigenvalue weighted by atomic mass is 16.5. The summed E-state index contributed by atoms with van der Waals surface area (Å²) in [6, 6.07) is 3.17. The van der Waals surface area contributed by atoms with Gasteiger partial charge in [0.15, 0.2) is 0 Å². The Labute approximate surface area is 97.3 Å². The minimum Gasteiger partial charge on any atom is -0.505 e. The lowest BCUT2D eigenvalue weighted by atomic mass is 10.2. The van der Waals surface area contributed by atoms with E-state index >= 15 is 0 Å². The van der Waals surface area contributed by atoms with Gasteiger partial charge in [0.05, 0.1) is 18.3 Å². The summed E-state index contributed by atoms with van der Waals surface area (Å²) >= 11 is 0. The van der Waals surface area contributed by atoms with Crippen LogP contribution in [0, 0.1) is 6.92 Å². The minimum atomic E-state index is -0.384. The van der Waals surface area contributed by atoms with E-state index in [4.69, 9.17) is 4.52 Å². The average molecular weight is 233 g/mol. The van der Waals surface area contributed by atoms with Gasteiger partial charge in [-0.25, -0.2) is 0 Å². The molecule has 0 unspecified atom stereocenters. The molecular weight excluding hydrogens is 222 g/mol. The van der Waals surface area contributed by atoms with E-state index in [1.807, 2.05) is 0 Å². The maximum atomic E-state index is 11.7. The largest absolute Gasteiger partial charge is 0.505 e.